The molecule has 4 atom stereocenters. The summed E-state index contributed by atoms with van der Waals surface area (Å²) in [5.74, 6) is 2.41. The molecule has 0 saturated carbocycles. The van der Waals surface area contributed by atoms with Gasteiger partial charge < -0.3 is 29.1 Å². The molecule has 4 aromatic rings. The van der Waals surface area contributed by atoms with Crippen LogP contribution in [0.1, 0.15) is 71.9 Å². The number of amides is 2. The molecule has 0 unspecified atom stereocenters. The van der Waals surface area contributed by atoms with Crippen molar-refractivity contribution in [2.24, 2.45) is 16.7 Å². The highest BCUT2D eigenvalue weighted by Crippen LogP contribution is 2.46. The average molecular weight is 757 g/mol. The molecule has 6 fully saturated rings. The van der Waals surface area contributed by atoms with Crippen molar-refractivity contribution in [3.8, 4) is 11.5 Å². The molecule has 6 saturated heterocycles. The van der Waals surface area contributed by atoms with Crippen molar-refractivity contribution in [2.45, 2.75) is 92.0 Å². The van der Waals surface area contributed by atoms with E-state index in [2.05, 4.69) is 95.8 Å². The first kappa shape index (κ1) is 39.3. The van der Waals surface area contributed by atoms with Gasteiger partial charge in [0, 0.05) is 56.6 Å². The molecule has 6 aliphatic heterocycles. The van der Waals surface area contributed by atoms with Gasteiger partial charge in [0.1, 0.15) is 11.5 Å². The Morgan fingerprint density at radius 3 is 1.62 bits per heavy atom. The van der Waals surface area contributed by atoms with Gasteiger partial charge in [0.05, 0.1) is 31.2 Å². The Labute approximate surface area is 334 Å². The number of carbonyl (C=O) groups excluding carboxylic acids is 2. The van der Waals surface area contributed by atoms with Crippen LogP contribution in [0, 0.1) is 16.7 Å². The molecule has 0 N–H and O–H groups in total. The zero-order chi connectivity index (χ0) is 39.5. The van der Waals surface area contributed by atoms with Crippen LogP contribution in [0.15, 0.2) is 109 Å². The number of hydrogen-bond donors (Lipinski definition) is 0. The fourth-order valence-electron chi connectivity index (χ4n) is 9.67. The summed E-state index contributed by atoms with van der Waals surface area (Å²) in [4.78, 5) is 35.5. The summed E-state index contributed by atoms with van der Waals surface area (Å²) in [5.41, 5.74) is 4.93. The van der Waals surface area contributed by atoms with Crippen molar-refractivity contribution in [3.05, 3.63) is 120 Å². The normalized spacial score (nSPS) is 23.6. The molecule has 6 aliphatic rings. The van der Waals surface area contributed by atoms with Crippen molar-refractivity contribution >= 4 is 23.2 Å². The quantitative estimate of drug-likeness (QED) is 0.161. The fourth-order valence-corrected chi connectivity index (χ4v) is 9.67. The zero-order valence-electron chi connectivity index (χ0n) is 34.2. The highest BCUT2D eigenvalue weighted by atomic mass is 16.5. The third-order valence-electron chi connectivity index (χ3n) is 12.5. The Bertz CT molecular complexity index is 1870. The molecule has 4 bridgehead atoms. The van der Waals surface area contributed by atoms with Gasteiger partial charge in [-0.15, -0.1) is 0 Å². The predicted octanol–water partition coefficient (Wildman–Crippen LogP) is 8.84. The SMILES string of the molecule is CCOc1ccc(N2C[C@@H]3CC(C)(C)[C@H]2CC(=O)N3Cc2ccccc2)cc1.CCOc1ccc(N2C[C@@H]3CC(C)(C)[C@H]2CN(Cc2ccccc2)C3=O)cc1. The van der Waals surface area contributed by atoms with Crippen LogP contribution >= 0.6 is 0 Å². The van der Waals surface area contributed by atoms with Crippen LogP contribution in [0.25, 0.3) is 0 Å². The minimum Gasteiger partial charge on any atom is -0.494 e. The van der Waals surface area contributed by atoms with Gasteiger partial charge in [0.25, 0.3) is 0 Å². The van der Waals surface area contributed by atoms with Gasteiger partial charge in [-0.25, -0.2) is 0 Å². The lowest BCUT2D eigenvalue weighted by molar-refractivity contribution is -0.135. The second kappa shape index (κ2) is 16.6. The van der Waals surface area contributed by atoms with Crippen molar-refractivity contribution in [3.63, 3.8) is 0 Å². The van der Waals surface area contributed by atoms with E-state index in [1.54, 1.807) is 0 Å². The van der Waals surface area contributed by atoms with E-state index in [1.165, 1.54) is 22.5 Å². The molecule has 296 valence electrons. The maximum atomic E-state index is 13.3. The van der Waals surface area contributed by atoms with Gasteiger partial charge in [-0.3, -0.25) is 9.59 Å². The van der Waals surface area contributed by atoms with Gasteiger partial charge in [0.2, 0.25) is 11.8 Å². The number of fused-ring (bicyclic) bond motifs is 8. The maximum absolute atomic E-state index is 13.3. The van der Waals surface area contributed by atoms with Crippen LogP contribution in [0.2, 0.25) is 0 Å². The topological polar surface area (TPSA) is 65.6 Å². The third kappa shape index (κ3) is 8.54. The summed E-state index contributed by atoms with van der Waals surface area (Å²) in [6, 6.07) is 38.1. The van der Waals surface area contributed by atoms with Crippen LogP contribution in [-0.4, -0.2) is 72.6 Å². The predicted molar refractivity (Wildman–Crippen MR) is 225 cm³/mol. The van der Waals surface area contributed by atoms with Crippen molar-refractivity contribution < 1.29 is 19.1 Å². The van der Waals surface area contributed by atoms with E-state index < -0.39 is 0 Å². The maximum Gasteiger partial charge on any atom is 0.227 e. The molecule has 56 heavy (non-hydrogen) atoms. The van der Waals surface area contributed by atoms with Gasteiger partial charge in [0.15, 0.2) is 0 Å². The largest absolute Gasteiger partial charge is 0.494 e. The first-order valence-electron chi connectivity index (χ1n) is 20.6. The van der Waals surface area contributed by atoms with Crippen LogP contribution in [-0.2, 0) is 22.7 Å². The Morgan fingerprint density at radius 1 is 0.589 bits per heavy atom. The van der Waals surface area contributed by atoms with E-state index in [0.717, 1.165) is 44.0 Å². The molecule has 8 heteroatoms. The lowest BCUT2D eigenvalue weighted by atomic mass is 9.73. The summed E-state index contributed by atoms with van der Waals surface area (Å²) in [6.07, 6.45) is 2.57. The molecule has 0 spiro atoms. The molecule has 8 nitrogen and oxygen atoms in total. The van der Waals surface area contributed by atoms with E-state index >= 15 is 0 Å². The van der Waals surface area contributed by atoms with Crippen LogP contribution in [0.3, 0.4) is 0 Å². The molecular formula is C48H60N4O4. The lowest BCUT2D eigenvalue weighted by Crippen LogP contribution is -2.55. The minimum absolute atomic E-state index is 0.0454. The number of piperidine rings is 2. The summed E-state index contributed by atoms with van der Waals surface area (Å²) in [6.45, 7) is 18.4. The molecule has 2 amide bonds. The number of carbonyl (C=O) groups is 2. The van der Waals surface area contributed by atoms with Crippen LogP contribution in [0.4, 0.5) is 11.4 Å². The first-order valence-corrected chi connectivity index (χ1v) is 20.6. The van der Waals surface area contributed by atoms with Crippen LogP contribution < -0.4 is 19.3 Å². The van der Waals surface area contributed by atoms with E-state index in [-0.39, 0.29) is 34.7 Å². The number of anilines is 2. The van der Waals surface area contributed by atoms with Gasteiger partial charge in [-0.2, -0.15) is 0 Å². The van der Waals surface area contributed by atoms with E-state index in [0.29, 0.717) is 44.7 Å². The van der Waals surface area contributed by atoms with Crippen molar-refractivity contribution in [1.82, 2.24) is 9.80 Å². The van der Waals surface area contributed by atoms with Crippen molar-refractivity contribution in [2.75, 3.05) is 42.6 Å². The third-order valence-corrected chi connectivity index (χ3v) is 12.5. The minimum atomic E-state index is 0.0454. The Hall–Kier alpha value is -4.98. The molecule has 6 heterocycles. The summed E-state index contributed by atoms with van der Waals surface area (Å²) in [5, 5.41) is 0. The van der Waals surface area contributed by atoms with E-state index in [9.17, 15) is 9.59 Å². The molecule has 10 rings (SSSR count). The summed E-state index contributed by atoms with van der Waals surface area (Å²) in [7, 11) is 0. The van der Waals surface area contributed by atoms with E-state index in [1.807, 2.05) is 74.5 Å². The zero-order valence-corrected chi connectivity index (χ0v) is 34.2. The standard InChI is InChI=1S/2C24H30N2O2/c1-4-28-21-12-10-19(11-13-21)25-17-20-15-24(2,3)22(25)14-23(27)26(20)16-18-8-6-5-7-9-18;1-4-28-21-12-10-20(11-13-21)26-16-19-14-24(2,3)22(26)17-25(23(19)27)15-18-8-6-5-7-9-18/h5-13,20,22H,4,14-17H2,1-3H3;5-13,19,22H,4,14-17H2,1-3H3/t20-,22+;19-,22+/m00/s1. The van der Waals surface area contributed by atoms with Gasteiger partial charge >= 0.3 is 0 Å². The molecule has 0 aliphatic carbocycles. The van der Waals surface area contributed by atoms with Crippen LogP contribution in [0.5, 0.6) is 11.5 Å². The van der Waals surface area contributed by atoms with E-state index in [4.69, 9.17) is 9.47 Å². The molecular weight excluding hydrogens is 697 g/mol. The number of benzene rings is 4. The Kier molecular flexibility index (Phi) is 11.7. The highest BCUT2D eigenvalue weighted by molar-refractivity contribution is 5.81. The monoisotopic (exact) mass is 756 g/mol. The average Bonchev–Trinajstić information content (AvgIpc) is 3.49. The molecule has 0 aromatic heterocycles. The number of nitrogens with zero attached hydrogens (tertiary/aromatic N) is 4. The Balaban J connectivity index is 0.000000172. The Morgan fingerprint density at radius 2 is 1.09 bits per heavy atom. The van der Waals surface area contributed by atoms with Gasteiger partial charge in [-0.1, -0.05) is 88.4 Å². The molecule has 0 radical (unpaired) electrons. The first-order chi connectivity index (χ1) is 27.0. The number of rotatable bonds is 10. The fraction of sp³-hybridized carbons (Fsp3) is 0.458. The second-order valence-corrected chi connectivity index (χ2v) is 17.3. The smallest absolute Gasteiger partial charge is 0.227 e. The van der Waals surface area contributed by atoms with Crippen molar-refractivity contribution in [1.29, 1.82) is 0 Å². The lowest BCUT2D eigenvalue weighted by Gasteiger charge is -2.49. The summed E-state index contributed by atoms with van der Waals surface area (Å²) < 4.78 is 11.2. The summed E-state index contributed by atoms with van der Waals surface area (Å²) >= 11 is 0. The second-order valence-electron chi connectivity index (χ2n) is 17.3. The number of hydrogen-bond acceptors (Lipinski definition) is 6. The van der Waals surface area contributed by atoms with Gasteiger partial charge in [-0.05, 0) is 97.2 Å². The highest BCUT2D eigenvalue weighted by Gasteiger charge is 2.50. The molecule has 4 aromatic carbocycles. The number of ether oxygens (including phenoxy) is 2.